The Labute approximate surface area is 107 Å². The topological polar surface area (TPSA) is 54.0 Å². The van der Waals surface area contributed by atoms with Crippen LogP contribution in [0.1, 0.15) is 46.0 Å². The number of anilines is 1. The molecule has 0 saturated carbocycles. The maximum Gasteiger partial charge on any atom is 0.321 e. The SMILES string of the molecule is CCCCCC[C@H](C)NC(=O)Nc1nccs1. The molecule has 1 atom stereocenters. The highest BCUT2D eigenvalue weighted by atomic mass is 32.1. The molecule has 4 nitrogen and oxygen atoms in total. The first-order valence-corrected chi connectivity index (χ1v) is 7.07. The summed E-state index contributed by atoms with van der Waals surface area (Å²) >= 11 is 1.42. The number of hydrogen-bond acceptors (Lipinski definition) is 3. The molecule has 0 aliphatic rings. The van der Waals surface area contributed by atoms with Crippen molar-refractivity contribution < 1.29 is 4.79 Å². The Morgan fingerprint density at radius 2 is 2.29 bits per heavy atom. The zero-order valence-corrected chi connectivity index (χ0v) is 11.3. The largest absolute Gasteiger partial charge is 0.335 e. The fourth-order valence-electron chi connectivity index (χ4n) is 1.59. The number of aromatic nitrogens is 1. The van der Waals surface area contributed by atoms with Gasteiger partial charge in [-0.15, -0.1) is 11.3 Å². The molecule has 1 rings (SSSR count). The third-order valence-electron chi connectivity index (χ3n) is 2.52. The second-order valence-electron chi connectivity index (χ2n) is 4.19. The van der Waals surface area contributed by atoms with E-state index in [2.05, 4.69) is 22.5 Å². The summed E-state index contributed by atoms with van der Waals surface area (Å²) in [6, 6.07) is 0.0507. The van der Waals surface area contributed by atoms with E-state index >= 15 is 0 Å². The van der Waals surface area contributed by atoms with Crippen molar-refractivity contribution in [3.05, 3.63) is 11.6 Å². The van der Waals surface area contributed by atoms with Gasteiger partial charge >= 0.3 is 6.03 Å². The minimum atomic E-state index is -0.164. The van der Waals surface area contributed by atoms with E-state index in [1.807, 2.05) is 12.3 Å². The van der Waals surface area contributed by atoms with Crippen molar-refractivity contribution in [3.8, 4) is 0 Å². The maximum atomic E-state index is 11.6. The lowest BCUT2D eigenvalue weighted by Crippen LogP contribution is -2.36. The first-order valence-electron chi connectivity index (χ1n) is 6.19. The lowest BCUT2D eigenvalue weighted by molar-refractivity contribution is 0.248. The van der Waals surface area contributed by atoms with Gasteiger partial charge in [0.05, 0.1) is 0 Å². The smallest absolute Gasteiger partial charge is 0.321 e. The van der Waals surface area contributed by atoms with Crippen molar-refractivity contribution in [3.63, 3.8) is 0 Å². The van der Waals surface area contributed by atoms with Gasteiger partial charge in [-0.05, 0) is 13.3 Å². The van der Waals surface area contributed by atoms with Crippen molar-refractivity contribution in [1.29, 1.82) is 0 Å². The molecule has 96 valence electrons. The number of amides is 2. The molecule has 0 aromatic carbocycles. The third kappa shape index (κ3) is 6.26. The van der Waals surface area contributed by atoms with E-state index in [1.54, 1.807) is 6.20 Å². The van der Waals surface area contributed by atoms with Crippen LogP contribution in [-0.4, -0.2) is 17.1 Å². The van der Waals surface area contributed by atoms with Crippen LogP contribution >= 0.6 is 11.3 Å². The van der Waals surface area contributed by atoms with Gasteiger partial charge in [-0.3, -0.25) is 5.32 Å². The van der Waals surface area contributed by atoms with E-state index in [0.717, 1.165) is 6.42 Å². The maximum absolute atomic E-state index is 11.6. The quantitative estimate of drug-likeness (QED) is 0.731. The van der Waals surface area contributed by atoms with Crippen LogP contribution in [0.5, 0.6) is 0 Å². The second-order valence-corrected chi connectivity index (χ2v) is 5.08. The number of hydrogen-bond donors (Lipinski definition) is 2. The van der Waals surface area contributed by atoms with E-state index in [1.165, 1.54) is 37.0 Å². The standard InChI is InChI=1S/C12H21N3OS/c1-3-4-5-6-7-10(2)14-11(16)15-12-13-8-9-17-12/h8-10H,3-7H2,1-2H3,(H2,13,14,15,16)/t10-/m0/s1. The molecule has 2 N–H and O–H groups in total. The zero-order valence-electron chi connectivity index (χ0n) is 10.5. The van der Waals surface area contributed by atoms with Gasteiger partial charge in [0.2, 0.25) is 0 Å². The Hall–Kier alpha value is -1.10. The van der Waals surface area contributed by atoms with Gasteiger partial charge in [0.15, 0.2) is 5.13 Å². The number of thiazole rings is 1. The lowest BCUT2D eigenvalue weighted by atomic mass is 10.1. The van der Waals surface area contributed by atoms with Gasteiger partial charge < -0.3 is 5.32 Å². The average Bonchev–Trinajstić information content (AvgIpc) is 2.77. The first-order chi connectivity index (χ1) is 8.22. The highest BCUT2D eigenvalue weighted by Crippen LogP contribution is 2.10. The third-order valence-corrected chi connectivity index (χ3v) is 3.21. The molecule has 0 saturated heterocycles. The fraction of sp³-hybridized carbons (Fsp3) is 0.667. The van der Waals surface area contributed by atoms with Crippen LogP contribution in [0.15, 0.2) is 11.6 Å². The number of nitrogens with one attached hydrogen (secondary N) is 2. The highest BCUT2D eigenvalue weighted by Gasteiger charge is 2.07. The molecule has 17 heavy (non-hydrogen) atoms. The molecule has 2 amide bonds. The van der Waals surface area contributed by atoms with Crippen molar-refractivity contribution in [2.45, 2.75) is 52.0 Å². The summed E-state index contributed by atoms with van der Waals surface area (Å²) in [5.74, 6) is 0. The molecule has 0 fully saturated rings. The summed E-state index contributed by atoms with van der Waals surface area (Å²) in [6.07, 6.45) is 7.65. The minimum Gasteiger partial charge on any atom is -0.335 e. The number of rotatable bonds is 7. The van der Waals surface area contributed by atoms with E-state index in [4.69, 9.17) is 0 Å². The highest BCUT2D eigenvalue weighted by molar-refractivity contribution is 7.13. The van der Waals surface area contributed by atoms with Crippen LogP contribution < -0.4 is 10.6 Å². The van der Waals surface area contributed by atoms with E-state index in [0.29, 0.717) is 5.13 Å². The van der Waals surface area contributed by atoms with Crippen LogP contribution in [0.25, 0.3) is 0 Å². The summed E-state index contributed by atoms with van der Waals surface area (Å²) in [4.78, 5) is 15.6. The Kier molecular flexibility index (Phi) is 6.62. The van der Waals surface area contributed by atoms with E-state index in [9.17, 15) is 4.79 Å². The summed E-state index contributed by atoms with van der Waals surface area (Å²) < 4.78 is 0. The normalized spacial score (nSPS) is 12.1. The molecule has 0 aliphatic heterocycles. The van der Waals surface area contributed by atoms with Crippen LogP contribution in [-0.2, 0) is 0 Å². The van der Waals surface area contributed by atoms with Crippen molar-refractivity contribution in [2.75, 3.05) is 5.32 Å². The summed E-state index contributed by atoms with van der Waals surface area (Å²) in [7, 11) is 0. The fourth-order valence-corrected chi connectivity index (χ4v) is 2.12. The number of carbonyl (C=O) groups excluding carboxylic acids is 1. The lowest BCUT2D eigenvalue weighted by Gasteiger charge is -2.13. The monoisotopic (exact) mass is 255 g/mol. The molecule has 0 radical (unpaired) electrons. The van der Waals surface area contributed by atoms with Crippen LogP contribution in [0.3, 0.4) is 0 Å². The predicted molar refractivity (Wildman–Crippen MR) is 72.5 cm³/mol. The number of carbonyl (C=O) groups is 1. The molecule has 0 spiro atoms. The van der Waals surface area contributed by atoms with Gasteiger partial charge in [-0.2, -0.15) is 0 Å². The molecule has 5 heteroatoms. The molecule has 0 aliphatic carbocycles. The molecule has 1 heterocycles. The molecule has 0 unspecified atom stereocenters. The van der Waals surface area contributed by atoms with Crippen molar-refractivity contribution in [2.24, 2.45) is 0 Å². The number of unbranched alkanes of at least 4 members (excludes halogenated alkanes) is 3. The Morgan fingerprint density at radius 3 is 2.94 bits per heavy atom. The van der Waals surface area contributed by atoms with E-state index in [-0.39, 0.29) is 12.1 Å². The summed E-state index contributed by atoms with van der Waals surface area (Å²) in [5, 5.41) is 8.10. The Morgan fingerprint density at radius 1 is 1.47 bits per heavy atom. The predicted octanol–water partition coefficient (Wildman–Crippen LogP) is 3.62. The number of urea groups is 1. The molecule has 0 bridgehead atoms. The van der Waals surface area contributed by atoms with Crippen molar-refractivity contribution in [1.82, 2.24) is 10.3 Å². The van der Waals surface area contributed by atoms with Gasteiger partial charge in [-0.25, -0.2) is 9.78 Å². The van der Waals surface area contributed by atoms with Gasteiger partial charge in [0, 0.05) is 17.6 Å². The second kappa shape index (κ2) is 8.06. The van der Waals surface area contributed by atoms with E-state index < -0.39 is 0 Å². The molecule has 1 aromatic heterocycles. The summed E-state index contributed by atoms with van der Waals surface area (Å²) in [6.45, 7) is 4.23. The summed E-state index contributed by atoms with van der Waals surface area (Å²) in [5.41, 5.74) is 0. The Balaban J connectivity index is 2.13. The Bertz CT molecular complexity index is 314. The average molecular weight is 255 g/mol. The number of nitrogens with zero attached hydrogens (tertiary/aromatic N) is 1. The zero-order chi connectivity index (χ0) is 12.5. The van der Waals surface area contributed by atoms with Crippen molar-refractivity contribution >= 4 is 22.5 Å². The van der Waals surface area contributed by atoms with Crippen LogP contribution in [0.4, 0.5) is 9.93 Å². The van der Waals surface area contributed by atoms with Crippen LogP contribution in [0, 0.1) is 0 Å². The molecule has 1 aromatic rings. The van der Waals surface area contributed by atoms with Gasteiger partial charge in [-0.1, -0.05) is 32.6 Å². The minimum absolute atomic E-state index is 0.164. The molecular weight excluding hydrogens is 234 g/mol. The van der Waals surface area contributed by atoms with Gasteiger partial charge in [0.1, 0.15) is 0 Å². The van der Waals surface area contributed by atoms with Crippen LogP contribution in [0.2, 0.25) is 0 Å². The first kappa shape index (κ1) is 14.0. The molecular formula is C12H21N3OS. The van der Waals surface area contributed by atoms with Gasteiger partial charge in [0.25, 0.3) is 0 Å².